The van der Waals surface area contributed by atoms with Crippen molar-refractivity contribution >= 4 is 26.4 Å². The molecule has 0 spiro atoms. The largest absolute Gasteiger partial charge is 0.493 e. The zero-order valence-corrected chi connectivity index (χ0v) is 18.1. The number of nitro benzene ring substituents is 1. The van der Waals surface area contributed by atoms with Gasteiger partial charge < -0.3 is 24.2 Å². The minimum Gasteiger partial charge on any atom is -0.493 e. The van der Waals surface area contributed by atoms with E-state index in [0.717, 1.165) is 4.88 Å². The first-order valence-electron chi connectivity index (χ1n) is 8.43. The van der Waals surface area contributed by atoms with Crippen LogP contribution in [-0.4, -0.2) is 38.6 Å². The summed E-state index contributed by atoms with van der Waals surface area (Å²) in [6.07, 6.45) is 0. The Morgan fingerprint density at radius 2 is 1.53 bits per heavy atom. The van der Waals surface area contributed by atoms with Gasteiger partial charge in [0.25, 0.3) is 0 Å². The van der Waals surface area contributed by atoms with Crippen LogP contribution in [0.2, 0.25) is 0 Å². The molecule has 1 N–H and O–H groups in total. The molecule has 3 rings (SSSR count). The highest BCUT2D eigenvalue weighted by molar-refractivity contribution is 7.70. The van der Waals surface area contributed by atoms with Crippen LogP contribution in [0.15, 0.2) is 35.5 Å². The molecule has 1 aromatic heterocycles. The zero-order chi connectivity index (χ0) is 21.8. The molecule has 0 aliphatic rings. The van der Waals surface area contributed by atoms with Crippen molar-refractivity contribution in [3.05, 3.63) is 45.1 Å². The smallest absolute Gasteiger partial charge is 0.311 e. The van der Waals surface area contributed by atoms with E-state index in [4.69, 9.17) is 18.9 Å². The van der Waals surface area contributed by atoms with Crippen LogP contribution in [0.25, 0.3) is 21.6 Å². The van der Waals surface area contributed by atoms with E-state index in [1.54, 1.807) is 18.2 Å². The molecule has 9 nitrogen and oxygen atoms in total. The number of benzene rings is 2. The van der Waals surface area contributed by atoms with E-state index in [2.05, 4.69) is 5.16 Å². The topological polar surface area (TPSA) is 113 Å². The molecule has 0 aliphatic carbocycles. The first kappa shape index (κ1) is 21.4. The van der Waals surface area contributed by atoms with E-state index in [1.165, 1.54) is 61.3 Å². The van der Waals surface area contributed by atoms with Gasteiger partial charge in [-0.15, -0.1) is 0 Å². The predicted octanol–water partition coefficient (Wildman–Crippen LogP) is 4.38. The number of nitrogens with zero attached hydrogens (tertiary/aromatic N) is 2. The summed E-state index contributed by atoms with van der Waals surface area (Å²) in [6, 6.07) is 8.11. The van der Waals surface area contributed by atoms with Gasteiger partial charge >= 0.3 is 5.69 Å². The normalized spacial score (nSPS) is 11.3. The maximum absolute atomic E-state index is 11.5. The molecule has 0 amide bonds. The van der Waals surface area contributed by atoms with Crippen molar-refractivity contribution in [1.29, 1.82) is 0 Å². The number of nitro groups is 1. The lowest BCUT2D eigenvalue weighted by Gasteiger charge is -2.14. The SMILES string of the molecule is COc1ccc(-c2c(-c3cc(OC)c(OC)c(OC)c3)ss/c2=N/O)cc1[N+](=O)[O-]. The molecule has 3 aromatic rings. The van der Waals surface area contributed by atoms with Crippen LogP contribution in [0.1, 0.15) is 0 Å². The van der Waals surface area contributed by atoms with Crippen molar-refractivity contribution in [2.75, 3.05) is 28.4 Å². The third-order valence-electron chi connectivity index (χ3n) is 4.33. The standard InChI is InChI=1S/C19H18N2O7S2/c1-25-13-6-5-10(7-12(13)21(23)24)16-18(29-30-19(16)20-22)11-8-14(26-2)17(28-4)15(9-11)27-3/h5-9,22H,1-4H3/b20-19+. The Kier molecular flexibility index (Phi) is 6.43. The van der Waals surface area contributed by atoms with Crippen LogP contribution in [0.5, 0.6) is 23.0 Å². The minimum atomic E-state index is -0.521. The average Bonchev–Trinajstić information content (AvgIpc) is 3.21. The fourth-order valence-corrected chi connectivity index (χ4v) is 5.43. The molecule has 0 atom stereocenters. The predicted molar refractivity (Wildman–Crippen MR) is 113 cm³/mol. The van der Waals surface area contributed by atoms with Crippen LogP contribution < -0.4 is 23.6 Å². The van der Waals surface area contributed by atoms with E-state index in [9.17, 15) is 15.3 Å². The molecule has 11 heteroatoms. The fourth-order valence-electron chi connectivity index (χ4n) is 2.98. The van der Waals surface area contributed by atoms with Gasteiger partial charge in [-0.25, -0.2) is 0 Å². The van der Waals surface area contributed by atoms with Gasteiger partial charge in [-0.3, -0.25) is 10.1 Å². The van der Waals surface area contributed by atoms with Crippen LogP contribution in [-0.2, 0) is 0 Å². The van der Waals surface area contributed by atoms with Crippen molar-refractivity contribution in [1.82, 2.24) is 0 Å². The molecule has 0 saturated carbocycles. The Morgan fingerprint density at radius 1 is 0.900 bits per heavy atom. The number of hydrogen-bond donors (Lipinski definition) is 1. The summed E-state index contributed by atoms with van der Waals surface area (Å²) in [6.45, 7) is 0. The van der Waals surface area contributed by atoms with Gasteiger partial charge in [0.1, 0.15) is 0 Å². The van der Waals surface area contributed by atoms with E-state index >= 15 is 0 Å². The molecule has 1 heterocycles. The molecule has 30 heavy (non-hydrogen) atoms. The fraction of sp³-hybridized carbons (Fsp3) is 0.211. The molecule has 2 aromatic carbocycles. The molecule has 0 fully saturated rings. The quantitative estimate of drug-likeness (QED) is 0.246. The van der Waals surface area contributed by atoms with Crippen LogP contribution >= 0.6 is 20.7 Å². The lowest BCUT2D eigenvalue weighted by atomic mass is 10.0. The first-order chi connectivity index (χ1) is 14.5. The summed E-state index contributed by atoms with van der Waals surface area (Å²) >= 11 is 0. The van der Waals surface area contributed by atoms with Gasteiger partial charge in [-0.1, -0.05) is 31.9 Å². The van der Waals surface area contributed by atoms with E-state index in [-0.39, 0.29) is 11.4 Å². The van der Waals surface area contributed by atoms with Crippen molar-refractivity contribution in [3.8, 4) is 44.6 Å². The Hall–Kier alpha value is -3.31. The van der Waals surface area contributed by atoms with Gasteiger partial charge in [0.15, 0.2) is 21.9 Å². The summed E-state index contributed by atoms with van der Waals surface area (Å²) < 4.78 is 21.6. The molecular weight excluding hydrogens is 432 g/mol. The van der Waals surface area contributed by atoms with Gasteiger partial charge in [0.2, 0.25) is 5.75 Å². The Balaban J connectivity index is 2.29. The summed E-state index contributed by atoms with van der Waals surface area (Å²) in [5.41, 5.74) is 1.59. The first-order valence-corrected chi connectivity index (χ1v) is 10.6. The number of methoxy groups -OCH3 is 4. The molecule has 158 valence electrons. The summed E-state index contributed by atoms with van der Waals surface area (Å²) in [5.74, 6) is 1.50. The van der Waals surface area contributed by atoms with E-state index in [1.807, 2.05) is 0 Å². The average molecular weight is 450 g/mol. The highest BCUT2D eigenvalue weighted by atomic mass is 32.9. The molecule has 0 unspecified atom stereocenters. The molecule has 0 bridgehead atoms. The molecule has 0 saturated heterocycles. The van der Waals surface area contributed by atoms with Gasteiger partial charge in [-0.2, -0.15) is 0 Å². The highest BCUT2D eigenvalue weighted by Gasteiger charge is 2.22. The monoisotopic (exact) mass is 450 g/mol. The lowest BCUT2D eigenvalue weighted by molar-refractivity contribution is -0.385. The van der Waals surface area contributed by atoms with E-state index in [0.29, 0.717) is 38.6 Å². The third kappa shape index (κ3) is 3.76. The lowest BCUT2D eigenvalue weighted by Crippen LogP contribution is -2.01. The summed E-state index contributed by atoms with van der Waals surface area (Å²) in [7, 11) is 8.50. The van der Waals surface area contributed by atoms with Crippen LogP contribution in [0.4, 0.5) is 5.69 Å². The number of hydrogen-bond acceptors (Lipinski definition) is 10. The number of rotatable bonds is 7. The van der Waals surface area contributed by atoms with Crippen molar-refractivity contribution in [2.45, 2.75) is 0 Å². The Morgan fingerprint density at radius 3 is 2.03 bits per heavy atom. The van der Waals surface area contributed by atoms with Gasteiger partial charge in [-0.05, 0) is 23.8 Å². The van der Waals surface area contributed by atoms with E-state index < -0.39 is 4.92 Å². The molecule has 0 aliphatic heterocycles. The minimum absolute atomic E-state index is 0.138. The maximum Gasteiger partial charge on any atom is 0.311 e. The number of ether oxygens (including phenoxy) is 4. The van der Waals surface area contributed by atoms with Crippen molar-refractivity contribution < 1.29 is 29.1 Å². The molecular formula is C19H18N2O7S2. The highest BCUT2D eigenvalue weighted by Crippen LogP contribution is 2.45. The van der Waals surface area contributed by atoms with Gasteiger partial charge in [0.05, 0.1) is 38.2 Å². The van der Waals surface area contributed by atoms with Gasteiger partial charge in [0, 0.05) is 17.2 Å². The zero-order valence-electron chi connectivity index (χ0n) is 16.5. The Bertz CT molecular complexity index is 1130. The second-order valence-electron chi connectivity index (χ2n) is 5.83. The van der Waals surface area contributed by atoms with Crippen molar-refractivity contribution in [2.24, 2.45) is 5.16 Å². The molecule has 0 radical (unpaired) electrons. The second kappa shape index (κ2) is 9.01. The van der Waals surface area contributed by atoms with Crippen molar-refractivity contribution in [3.63, 3.8) is 0 Å². The third-order valence-corrected chi connectivity index (χ3v) is 6.68. The summed E-state index contributed by atoms with van der Waals surface area (Å²) in [5, 5.41) is 24.3. The second-order valence-corrected chi connectivity index (χ2v) is 7.96. The van der Waals surface area contributed by atoms with Crippen LogP contribution in [0.3, 0.4) is 0 Å². The van der Waals surface area contributed by atoms with Crippen LogP contribution in [0, 0.1) is 10.1 Å². The Labute approximate surface area is 178 Å². The maximum atomic E-state index is 11.5. The summed E-state index contributed by atoms with van der Waals surface area (Å²) in [4.78, 5) is 11.7.